The van der Waals surface area contributed by atoms with E-state index in [9.17, 15) is 27.2 Å². The van der Waals surface area contributed by atoms with Crippen molar-refractivity contribution in [2.75, 3.05) is 18.0 Å². The molecule has 0 saturated carbocycles. The van der Waals surface area contributed by atoms with E-state index < -0.39 is 47.4 Å². The van der Waals surface area contributed by atoms with E-state index in [0.717, 1.165) is 23.5 Å². The molecular weight excluding hydrogens is 402 g/mol. The molecule has 3 heterocycles. The third kappa shape index (κ3) is 2.76. The summed E-state index contributed by atoms with van der Waals surface area (Å²) in [4.78, 5) is 27.4. The summed E-state index contributed by atoms with van der Waals surface area (Å²) in [6.07, 6.45) is -3.79. The number of hydrogen-bond acceptors (Lipinski definition) is 4. The summed E-state index contributed by atoms with van der Waals surface area (Å²) < 4.78 is 52.8. The van der Waals surface area contributed by atoms with Crippen LogP contribution in [0.15, 0.2) is 48.5 Å². The molecule has 0 aromatic heterocycles. The first kappa shape index (κ1) is 19.2. The van der Waals surface area contributed by atoms with Crippen molar-refractivity contribution in [2.45, 2.75) is 24.7 Å². The lowest BCUT2D eigenvalue weighted by molar-refractivity contribution is -0.137. The third-order valence-electron chi connectivity index (χ3n) is 6.05. The fraction of sp³-hybridized carbons (Fsp3) is 0.333. The smallest absolute Gasteiger partial charge is 0.274 e. The quantitative estimate of drug-likeness (QED) is 0.553. The minimum absolute atomic E-state index is 0.0853. The maximum atomic E-state index is 13.4. The normalized spacial score (nSPS) is 27.1. The number of imide groups is 1. The average molecular weight is 419 g/mol. The number of hydrazine groups is 1. The first-order chi connectivity index (χ1) is 14.3. The van der Waals surface area contributed by atoms with Crippen LogP contribution in [-0.2, 0) is 15.8 Å². The van der Waals surface area contributed by atoms with Gasteiger partial charge in [0.15, 0.2) is 0 Å². The summed E-state index contributed by atoms with van der Waals surface area (Å²) in [6.45, 7) is 1.23. The van der Waals surface area contributed by atoms with Crippen molar-refractivity contribution in [3.05, 3.63) is 65.5 Å². The van der Waals surface area contributed by atoms with E-state index in [0.29, 0.717) is 18.7 Å². The largest absolute Gasteiger partial charge is 0.416 e. The molecule has 3 aliphatic rings. The van der Waals surface area contributed by atoms with Gasteiger partial charge in [-0.15, -0.1) is 0 Å². The van der Waals surface area contributed by atoms with E-state index in [1.165, 1.54) is 24.3 Å². The molecule has 0 unspecified atom stereocenters. The first-order valence-corrected chi connectivity index (χ1v) is 9.61. The van der Waals surface area contributed by atoms with E-state index in [-0.39, 0.29) is 5.69 Å². The lowest BCUT2D eigenvalue weighted by atomic mass is 9.90. The fourth-order valence-corrected chi connectivity index (χ4v) is 4.85. The number of nitrogens with zero attached hydrogens (tertiary/aromatic N) is 3. The summed E-state index contributed by atoms with van der Waals surface area (Å²) in [6, 6.07) is 8.78. The Hall–Kier alpha value is -2.78. The SMILES string of the molecule is O=C1[C@@H]2[C@@H](C(=O)N1c1cccc(C(F)(F)F)c1)N1CCCN1[C@@H]2c1ccc(F)cc1. The topological polar surface area (TPSA) is 43.9 Å². The van der Waals surface area contributed by atoms with Gasteiger partial charge in [0, 0.05) is 13.1 Å². The van der Waals surface area contributed by atoms with Crippen molar-refractivity contribution in [2.24, 2.45) is 5.92 Å². The standard InChI is InChI=1S/C21H17F4N3O2/c22-14-7-5-12(6-8-14)17-16-18(27-10-2-9-26(17)27)20(30)28(19(16)29)15-4-1-3-13(11-15)21(23,24)25/h1,3-8,11,16-18H,2,9-10H2/t16-,17+,18-/m0/s1. The Morgan fingerprint density at radius 1 is 0.867 bits per heavy atom. The second-order valence-electron chi connectivity index (χ2n) is 7.71. The highest BCUT2D eigenvalue weighted by Crippen LogP contribution is 2.49. The Labute approximate surface area is 169 Å². The van der Waals surface area contributed by atoms with Crippen LogP contribution in [0.2, 0.25) is 0 Å². The van der Waals surface area contributed by atoms with E-state index in [2.05, 4.69) is 0 Å². The fourth-order valence-electron chi connectivity index (χ4n) is 4.85. The van der Waals surface area contributed by atoms with Gasteiger partial charge in [-0.1, -0.05) is 18.2 Å². The summed E-state index contributed by atoms with van der Waals surface area (Å²) in [5.41, 5.74) is -0.309. The van der Waals surface area contributed by atoms with Gasteiger partial charge in [0.25, 0.3) is 5.91 Å². The van der Waals surface area contributed by atoms with Gasteiger partial charge in [0.05, 0.1) is 23.2 Å². The number of carbonyl (C=O) groups is 2. The van der Waals surface area contributed by atoms with Crippen LogP contribution in [0, 0.1) is 11.7 Å². The van der Waals surface area contributed by atoms with Crippen LogP contribution < -0.4 is 4.90 Å². The van der Waals surface area contributed by atoms with Crippen LogP contribution in [0.4, 0.5) is 23.2 Å². The number of carbonyl (C=O) groups excluding carboxylic acids is 2. The number of rotatable bonds is 2. The second-order valence-corrected chi connectivity index (χ2v) is 7.71. The van der Waals surface area contributed by atoms with Crippen LogP contribution in [0.25, 0.3) is 0 Å². The summed E-state index contributed by atoms with van der Waals surface area (Å²) in [5.74, 6) is -2.24. The molecule has 3 aliphatic heterocycles. The molecule has 3 fully saturated rings. The van der Waals surface area contributed by atoms with Gasteiger partial charge in [-0.3, -0.25) is 9.59 Å². The molecule has 2 aromatic rings. The Morgan fingerprint density at radius 2 is 1.53 bits per heavy atom. The van der Waals surface area contributed by atoms with Crippen molar-refractivity contribution in [1.29, 1.82) is 0 Å². The van der Waals surface area contributed by atoms with Gasteiger partial charge >= 0.3 is 6.18 Å². The summed E-state index contributed by atoms with van der Waals surface area (Å²) in [7, 11) is 0. The molecule has 2 aromatic carbocycles. The van der Waals surface area contributed by atoms with Gasteiger partial charge in [-0.2, -0.15) is 13.2 Å². The molecule has 0 radical (unpaired) electrons. The Kier molecular flexibility index (Phi) is 4.23. The molecule has 9 heteroatoms. The molecule has 5 nitrogen and oxygen atoms in total. The van der Waals surface area contributed by atoms with E-state index in [1.807, 2.05) is 10.0 Å². The lowest BCUT2D eigenvalue weighted by Gasteiger charge is -2.29. The van der Waals surface area contributed by atoms with E-state index >= 15 is 0 Å². The maximum absolute atomic E-state index is 13.4. The van der Waals surface area contributed by atoms with Crippen LogP contribution in [0.1, 0.15) is 23.6 Å². The number of fused-ring (bicyclic) bond motifs is 3. The number of hydrogen-bond donors (Lipinski definition) is 0. The van der Waals surface area contributed by atoms with Crippen LogP contribution >= 0.6 is 0 Å². The van der Waals surface area contributed by atoms with Crippen molar-refractivity contribution in [1.82, 2.24) is 10.0 Å². The number of alkyl halides is 3. The molecule has 5 rings (SSSR count). The monoisotopic (exact) mass is 419 g/mol. The van der Waals surface area contributed by atoms with Gasteiger partial charge in [0.1, 0.15) is 11.9 Å². The minimum Gasteiger partial charge on any atom is -0.274 e. The zero-order valence-corrected chi connectivity index (χ0v) is 15.6. The predicted molar refractivity (Wildman–Crippen MR) is 98.4 cm³/mol. The lowest BCUT2D eigenvalue weighted by Crippen LogP contribution is -2.44. The second kappa shape index (κ2) is 6.61. The third-order valence-corrected chi connectivity index (χ3v) is 6.05. The number of amides is 2. The molecule has 0 N–H and O–H groups in total. The van der Waals surface area contributed by atoms with Crippen molar-refractivity contribution >= 4 is 17.5 Å². The van der Waals surface area contributed by atoms with Crippen LogP contribution in [0.3, 0.4) is 0 Å². The molecule has 0 bridgehead atoms. The van der Waals surface area contributed by atoms with E-state index in [4.69, 9.17) is 0 Å². The number of halogens is 4. The average Bonchev–Trinajstić information content (AvgIpc) is 3.34. The summed E-state index contributed by atoms with van der Waals surface area (Å²) >= 11 is 0. The maximum Gasteiger partial charge on any atom is 0.416 e. The highest BCUT2D eigenvalue weighted by atomic mass is 19.4. The minimum atomic E-state index is -4.58. The van der Waals surface area contributed by atoms with Gasteiger partial charge in [-0.25, -0.2) is 19.3 Å². The zero-order chi connectivity index (χ0) is 21.2. The first-order valence-electron chi connectivity index (χ1n) is 9.61. The molecule has 0 aliphatic carbocycles. The van der Waals surface area contributed by atoms with E-state index in [1.54, 1.807) is 12.1 Å². The summed E-state index contributed by atoms with van der Waals surface area (Å²) in [5, 5.41) is 3.80. The highest BCUT2D eigenvalue weighted by Gasteiger charge is 2.62. The Morgan fingerprint density at radius 3 is 2.20 bits per heavy atom. The molecule has 3 saturated heterocycles. The molecule has 3 atom stereocenters. The molecule has 0 spiro atoms. The van der Waals surface area contributed by atoms with Crippen LogP contribution in [-0.4, -0.2) is 41.0 Å². The molecule has 2 amide bonds. The Balaban J connectivity index is 1.56. The van der Waals surface area contributed by atoms with Gasteiger partial charge in [-0.05, 0) is 42.3 Å². The van der Waals surface area contributed by atoms with Crippen molar-refractivity contribution in [3.8, 4) is 0 Å². The highest BCUT2D eigenvalue weighted by molar-refractivity contribution is 6.24. The Bertz CT molecular complexity index is 1020. The molecular formula is C21H17F4N3O2. The van der Waals surface area contributed by atoms with Crippen LogP contribution in [0.5, 0.6) is 0 Å². The van der Waals surface area contributed by atoms with Gasteiger partial charge in [0.2, 0.25) is 5.91 Å². The van der Waals surface area contributed by atoms with Gasteiger partial charge < -0.3 is 0 Å². The number of benzene rings is 2. The van der Waals surface area contributed by atoms with Crippen molar-refractivity contribution in [3.63, 3.8) is 0 Å². The zero-order valence-electron chi connectivity index (χ0n) is 15.6. The van der Waals surface area contributed by atoms with Crippen molar-refractivity contribution < 1.29 is 27.2 Å². The molecule has 156 valence electrons. The predicted octanol–water partition coefficient (Wildman–Crippen LogP) is 3.38. The molecule has 30 heavy (non-hydrogen) atoms. The number of anilines is 1.